The van der Waals surface area contributed by atoms with Crippen molar-refractivity contribution >= 4 is 22.7 Å². The van der Waals surface area contributed by atoms with Crippen molar-refractivity contribution in [3.05, 3.63) is 23.8 Å². The molecule has 0 spiro atoms. The number of rotatable bonds is 2. The van der Waals surface area contributed by atoms with E-state index in [0.29, 0.717) is 23.6 Å². The van der Waals surface area contributed by atoms with E-state index in [0.717, 1.165) is 0 Å². The topological polar surface area (TPSA) is 76.7 Å². The number of ether oxygens (including phenoxy) is 1. The molecule has 6 heteroatoms. The van der Waals surface area contributed by atoms with E-state index < -0.39 is 11.2 Å². The molecule has 0 aromatic heterocycles. The van der Waals surface area contributed by atoms with E-state index in [1.54, 1.807) is 6.07 Å². The number of nitrogens with zero attached hydrogens (tertiary/aromatic N) is 1. The zero-order valence-electron chi connectivity index (χ0n) is 10.7. The largest absolute Gasteiger partial charge is 0.492 e. The first-order chi connectivity index (χ1) is 8.37. The predicted octanol–water partition coefficient (Wildman–Crippen LogP) is 1.82. The van der Waals surface area contributed by atoms with E-state index in [2.05, 4.69) is 29.9 Å². The second kappa shape index (κ2) is 4.61. The maximum absolute atomic E-state index is 11.4. The molecule has 3 N–H and O–H groups in total. The van der Waals surface area contributed by atoms with Gasteiger partial charge in [0, 0.05) is 0 Å². The van der Waals surface area contributed by atoms with Crippen LogP contribution in [0.2, 0.25) is 0 Å². The molecular formula is C12H17N3O2S. The number of anilines is 1. The summed E-state index contributed by atoms with van der Waals surface area (Å²) in [5, 5.41) is 0. The summed E-state index contributed by atoms with van der Waals surface area (Å²) in [6, 6.07) is 5.47. The summed E-state index contributed by atoms with van der Waals surface area (Å²) in [5.74, 6) is 0.902. The second-order valence-electron chi connectivity index (χ2n) is 5.36. The van der Waals surface area contributed by atoms with Crippen LogP contribution in [-0.2, 0) is 11.2 Å². The van der Waals surface area contributed by atoms with Crippen LogP contribution in [0.25, 0.3) is 0 Å². The highest BCUT2D eigenvalue weighted by atomic mass is 32.2. The van der Waals surface area contributed by atoms with Gasteiger partial charge in [0.2, 0.25) is 11.2 Å². The summed E-state index contributed by atoms with van der Waals surface area (Å²) in [5.41, 5.74) is 7.24. The Hall–Kier alpha value is -1.56. The Morgan fingerprint density at radius 3 is 2.83 bits per heavy atom. The molecule has 0 fully saturated rings. The van der Waals surface area contributed by atoms with Crippen molar-refractivity contribution in [1.82, 2.24) is 0 Å². The fraction of sp³-hybridized carbons (Fsp3) is 0.417. The van der Waals surface area contributed by atoms with Crippen molar-refractivity contribution < 1.29 is 8.95 Å². The SMILES string of the molecule is CC(C)(C)COc1cccc2c1C(N)=NS(=O)N2. The Morgan fingerprint density at radius 1 is 1.44 bits per heavy atom. The third kappa shape index (κ3) is 2.81. The maximum Gasteiger partial charge on any atom is 0.245 e. The molecule has 0 bridgehead atoms. The van der Waals surface area contributed by atoms with Gasteiger partial charge in [-0.2, -0.15) is 4.40 Å². The van der Waals surface area contributed by atoms with Gasteiger partial charge in [-0.3, -0.25) is 4.72 Å². The molecule has 1 aromatic carbocycles. The maximum atomic E-state index is 11.4. The lowest BCUT2D eigenvalue weighted by Gasteiger charge is -2.22. The van der Waals surface area contributed by atoms with Crippen molar-refractivity contribution in [2.24, 2.45) is 15.5 Å². The Bertz CT molecular complexity index is 521. The second-order valence-corrected chi connectivity index (χ2v) is 6.24. The van der Waals surface area contributed by atoms with Gasteiger partial charge in [-0.25, -0.2) is 4.21 Å². The molecule has 0 aliphatic carbocycles. The molecule has 0 saturated heterocycles. The smallest absolute Gasteiger partial charge is 0.245 e. The van der Waals surface area contributed by atoms with Crippen molar-refractivity contribution in [2.75, 3.05) is 11.3 Å². The minimum Gasteiger partial charge on any atom is -0.492 e. The van der Waals surface area contributed by atoms with Gasteiger partial charge in [0.05, 0.1) is 17.9 Å². The molecule has 5 nitrogen and oxygen atoms in total. The van der Waals surface area contributed by atoms with Gasteiger partial charge in [0.15, 0.2) is 0 Å². The standard InChI is InChI=1S/C12H17N3O2S/c1-12(2,3)7-17-9-6-4-5-8-10(9)11(13)15-18(16)14-8/h4-6,14H,7H2,1-3H3,(H2,13,15). The summed E-state index contributed by atoms with van der Waals surface area (Å²) in [7, 11) is 0. The van der Waals surface area contributed by atoms with Crippen molar-refractivity contribution in [2.45, 2.75) is 20.8 Å². The Morgan fingerprint density at radius 2 is 2.17 bits per heavy atom. The highest BCUT2D eigenvalue weighted by Gasteiger charge is 2.21. The van der Waals surface area contributed by atoms with Gasteiger partial charge in [0.1, 0.15) is 11.6 Å². The number of fused-ring (bicyclic) bond motifs is 1. The Labute approximate surface area is 109 Å². The molecule has 1 aliphatic heterocycles. The number of nitrogens with two attached hydrogens (primary N) is 1. The van der Waals surface area contributed by atoms with Crippen LogP contribution in [0.4, 0.5) is 5.69 Å². The summed E-state index contributed by atoms with van der Waals surface area (Å²) >= 11 is -1.50. The first-order valence-corrected chi connectivity index (χ1v) is 6.76. The van der Waals surface area contributed by atoms with Crippen LogP contribution >= 0.6 is 0 Å². The zero-order chi connectivity index (χ0) is 13.3. The molecule has 0 saturated carbocycles. The van der Waals surface area contributed by atoms with Crippen molar-refractivity contribution in [1.29, 1.82) is 0 Å². The summed E-state index contributed by atoms with van der Waals surface area (Å²) in [6.45, 7) is 6.84. The molecule has 1 atom stereocenters. The normalized spacial score (nSPS) is 18.6. The zero-order valence-corrected chi connectivity index (χ0v) is 11.5. The minimum absolute atomic E-state index is 0.0551. The van der Waals surface area contributed by atoms with Gasteiger partial charge in [-0.05, 0) is 17.5 Å². The summed E-state index contributed by atoms with van der Waals surface area (Å²) < 4.78 is 23.7. The molecule has 0 radical (unpaired) electrons. The molecular weight excluding hydrogens is 250 g/mol. The van der Waals surface area contributed by atoms with Crippen LogP contribution in [-0.4, -0.2) is 16.7 Å². The van der Waals surface area contributed by atoms with Crippen LogP contribution in [0, 0.1) is 5.41 Å². The first-order valence-electron chi connectivity index (χ1n) is 5.66. The van der Waals surface area contributed by atoms with E-state index in [4.69, 9.17) is 10.5 Å². The van der Waals surface area contributed by atoms with E-state index in [1.165, 1.54) is 0 Å². The van der Waals surface area contributed by atoms with Crippen LogP contribution in [0.5, 0.6) is 5.75 Å². The first kappa shape index (κ1) is 12.9. The average molecular weight is 267 g/mol. The third-order valence-electron chi connectivity index (χ3n) is 2.32. The van der Waals surface area contributed by atoms with Crippen molar-refractivity contribution in [3.8, 4) is 5.75 Å². The lowest BCUT2D eigenvalue weighted by molar-refractivity contribution is 0.197. The molecule has 1 aromatic rings. The van der Waals surface area contributed by atoms with Crippen LogP contribution in [0.1, 0.15) is 26.3 Å². The van der Waals surface area contributed by atoms with Crippen molar-refractivity contribution in [3.63, 3.8) is 0 Å². The van der Waals surface area contributed by atoms with E-state index in [9.17, 15) is 4.21 Å². The van der Waals surface area contributed by atoms with Crippen LogP contribution in [0.3, 0.4) is 0 Å². The Kier molecular flexibility index (Phi) is 3.30. The highest BCUT2D eigenvalue weighted by Crippen LogP contribution is 2.30. The Balaban J connectivity index is 2.33. The fourth-order valence-electron chi connectivity index (χ4n) is 1.55. The molecule has 1 heterocycles. The fourth-order valence-corrected chi connectivity index (χ4v) is 2.22. The van der Waals surface area contributed by atoms with Gasteiger partial charge in [-0.15, -0.1) is 0 Å². The number of hydrogen-bond donors (Lipinski definition) is 2. The molecule has 1 unspecified atom stereocenters. The monoisotopic (exact) mass is 267 g/mol. The highest BCUT2D eigenvalue weighted by molar-refractivity contribution is 7.85. The number of amidine groups is 1. The summed E-state index contributed by atoms with van der Waals surface area (Å²) in [4.78, 5) is 0. The predicted molar refractivity (Wildman–Crippen MR) is 73.9 cm³/mol. The van der Waals surface area contributed by atoms with Gasteiger partial charge in [-0.1, -0.05) is 26.8 Å². The lowest BCUT2D eigenvalue weighted by Crippen LogP contribution is -2.25. The average Bonchev–Trinajstić information content (AvgIpc) is 2.24. The number of nitrogens with one attached hydrogen (secondary N) is 1. The third-order valence-corrected chi connectivity index (χ3v) is 3.08. The minimum atomic E-state index is -1.50. The van der Waals surface area contributed by atoms with E-state index in [-0.39, 0.29) is 11.3 Å². The summed E-state index contributed by atoms with van der Waals surface area (Å²) in [6.07, 6.45) is 0. The van der Waals surface area contributed by atoms with Gasteiger partial charge in [0.25, 0.3) is 0 Å². The molecule has 18 heavy (non-hydrogen) atoms. The molecule has 98 valence electrons. The van der Waals surface area contributed by atoms with E-state index >= 15 is 0 Å². The number of hydrogen-bond acceptors (Lipinski definition) is 3. The van der Waals surface area contributed by atoms with Gasteiger partial charge >= 0.3 is 0 Å². The molecule has 2 rings (SSSR count). The van der Waals surface area contributed by atoms with Crippen LogP contribution in [0.15, 0.2) is 22.6 Å². The van der Waals surface area contributed by atoms with E-state index in [1.807, 2.05) is 12.1 Å². The number of benzene rings is 1. The lowest BCUT2D eigenvalue weighted by atomic mass is 9.98. The van der Waals surface area contributed by atoms with Gasteiger partial charge < -0.3 is 10.5 Å². The quantitative estimate of drug-likeness (QED) is 0.858. The molecule has 0 amide bonds. The van der Waals surface area contributed by atoms with Crippen LogP contribution < -0.4 is 15.2 Å². The molecule has 1 aliphatic rings.